The van der Waals surface area contributed by atoms with Crippen LogP contribution < -0.4 is 5.43 Å². The van der Waals surface area contributed by atoms with E-state index in [1.165, 1.54) is 0 Å². The smallest absolute Gasteiger partial charge is 0.0336 e. The van der Waals surface area contributed by atoms with Crippen LogP contribution in [0.3, 0.4) is 0 Å². The van der Waals surface area contributed by atoms with Crippen molar-refractivity contribution in [3.63, 3.8) is 0 Å². The van der Waals surface area contributed by atoms with E-state index in [0.29, 0.717) is 0 Å². The molecule has 2 aromatic heterocycles. The zero-order valence-electron chi connectivity index (χ0n) is 12.3. The number of fused-ring (bicyclic) bond motifs is 1. The third-order valence-electron chi connectivity index (χ3n) is 3.81. The standard InChI is InChI=1S/C17H17N2O.Re/c1-4-19-11(2)10-14(20)15-12(3)16(18-17(15)19)13-8-6-5-7-9-13;/h5-9,18H,4H2,1-3H3;/q-1;. The molecule has 3 rings (SSSR count). The van der Waals surface area contributed by atoms with E-state index in [4.69, 9.17) is 0 Å². The van der Waals surface area contributed by atoms with E-state index >= 15 is 0 Å². The van der Waals surface area contributed by atoms with E-state index in [-0.39, 0.29) is 25.9 Å². The third kappa shape index (κ3) is 2.50. The second-order valence-electron chi connectivity index (χ2n) is 5.00. The van der Waals surface area contributed by atoms with Crippen LogP contribution in [-0.4, -0.2) is 9.55 Å². The molecule has 2 heterocycles. The molecule has 0 aliphatic carbocycles. The van der Waals surface area contributed by atoms with Crippen molar-refractivity contribution in [2.45, 2.75) is 27.3 Å². The van der Waals surface area contributed by atoms with Crippen molar-refractivity contribution in [1.82, 2.24) is 9.55 Å². The summed E-state index contributed by atoms with van der Waals surface area (Å²) in [6.45, 7) is 6.80. The first-order chi connectivity index (χ1) is 9.63. The SMILES string of the molecule is CCn1c(C)[c-]c(=O)c2c(C)c(-c3ccccc3)[nH]c21.[Re]. The molecule has 0 unspecified atom stereocenters. The quantitative estimate of drug-likeness (QED) is 0.596. The minimum absolute atomic E-state index is 0. The molecular weight excluding hydrogens is 434 g/mol. The molecule has 21 heavy (non-hydrogen) atoms. The number of H-pyrrole nitrogens is 1. The normalized spacial score (nSPS) is 10.6. The Labute approximate surface area is 137 Å². The van der Waals surface area contributed by atoms with E-state index < -0.39 is 0 Å². The molecule has 3 aromatic rings. The maximum Gasteiger partial charge on any atom is 0.0336 e. The molecule has 3 nitrogen and oxygen atoms in total. The summed E-state index contributed by atoms with van der Waals surface area (Å²) in [7, 11) is 0. The first kappa shape index (κ1) is 15.8. The second kappa shape index (κ2) is 6.01. The molecule has 0 amide bonds. The van der Waals surface area contributed by atoms with E-state index in [0.717, 1.165) is 40.1 Å². The monoisotopic (exact) mass is 452 g/mol. The number of aromatic amines is 1. The number of rotatable bonds is 2. The van der Waals surface area contributed by atoms with Crippen LogP contribution in [0.2, 0.25) is 0 Å². The average molecular weight is 452 g/mol. The van der Waals surface area contributed by atoms with Crippen LogP contribution in [0.4, 0.5) is 0 Å². The van der Waals surface area contributed by atoms with Crippen molar-refractivity contribution in [3.05, 3.63) is 57.9 Å². The minimum Gasteiger partial charge on any atom is -0.365 e. The van der Waals surface area contributed by atoms with Crippen molar-refractivity contribution in [1.29, 1.82) is 0 Å². The molecule has 4 heteroatoms. The summed E-state index contributed by atoms with van der Waals surface area (Å²) in [5.41, 5.74) is 4.84. The summed E-state index contributed by atoms with van der Waals surface area (Å²) < 4.78 is 2.09. The Morgan fingerprint density at radius 3 is 2.48 bits per heavy atom. The fourth-order valence-electron chi connectivity index (χ4n) is 2.81. The van der Waals surface area contributed by atoms with Gasteiger partial charge in [-0.25, -0.2) is 0 Å². The number of hydrogen-bond acceptors (Lipinski definition) is 1. The molecule has 0 saturated carbocycles. The van der Waals surface area contributed by atoms with Gasteiger partial charge in [-0.05, 0) is 19.4 Å². The Hall–Kier alpha value is -1.63. The zero-order valence-corrected chi connectivity index (χ0v) is 15.0. The number of pyridine rings is 1. The molecule has 0 bridgehead atoms. The number of aromatic nitrogens is 2. The molecule has 0 atom stereocenters. The summed E-state index contributed by atoms with van der Waals surface area (Å²) in [4.78, 5) is 15.7. The first-order valence-electron chi connectivity index (χ1n) is 6.84. The maximum atomic E-state index is 12.2. The zero-order chi connectivity index (χ0) is 14.3. The Bertz CT molecular complexity index is 831. The summed E-state index contributed by atoms with van der Waals surface area (Å²) in [5.74, 6) is 0. The van der Waals surface area contributed by atoms with Gasteiger partial charge in [-0.1, -0.05) is 53.9 Å². The largest absolute Gasteiger partial charge is 0.365 e. The third-order valence-corrected chi connectivity index (χ3v) is 3.81. The molecule has 0 aliphatic heterocycles. The summed E-state index contributed by atoms with van der Waals surface area (Å²) in [5, 5.41) is 0.747. The van der Waals surface area contributed by atoms with E-state index in [1.54, 1.807) is 0 Å². The van der Waals surface area contributed by atoms with Crippen LogP contribution >= 0.6 is 0 Å². The van der Waals surface area contributed by atoms with Gasteiger partial charge in [0.25, 0.3) is 0 Å². The predicted octanol–water partition coefficient (Wildman–Crippen LogP) is 3.43. The Morgan fingerprint density at radius 2 is 1.86 bits per heavy atom. The molecular formula is C17H17N2ORe-. The van der Waals surface area contributed by atoms with Gasteiger partial charge in [0.15, 0.2) is 0 Å². The molecule has 0 aliphatic rings. The van der Waals surface area contributed by atoms with Crippen LogP contribution in [0, 0.1) is 19.9 Å². The predicted molar refractivity (Wildman–Crippen MR) is 82.0 cm³/mol. The summed E-state index contributed by atoms with van der Waals surface area (Å²) in [6.07, 6.45) is 0. The van der Waals surface area contributed by atoms with Crippen molar-refractivity contribution in [3.8, 4) is 11.3 Å². The second-order valence-corrected chi connectivity index (χ2v) is 5.00. The van der Waals surface area contributed by atoms with Crippen LogP contribution in [0.25, 0.3) is 22.3 Å². The number of nitrogens with one attached hydrogen (secondary N) is 1. The van der Waals surface area contributed by atoms with Crippen LogP contribution in [0.15, 0.2) is 35.1 Å². The molecule has 109 valence electrons. The molecule has 0 saturated heterocycles. The number of hydrogen-bond donors (Lipinski definition) is 1. The average Bonchev–Trinajstić information content (AvgIpc) is 2.78. The van der Waals surface area contributed by atoms with Gasteiger partial charge in [-0.15, -0.1) is 0 Å². The van der Waals surface area contributed by atoms with Gasteiger partial charge in [-0.2, -0.15) is 6.07 Å². The van der Waals surface area contributed by atoms with Crippen molar-refractivity contribution in [2.75, 3.05) is 0 Å². The molecule has 1 N–H and O–H groups in total. The van der Waals surface area contributed by atoms with Crippen molar-refractivity contribution >= 4 is 11.0 Å². The van der Waals surface area contributed by atoms with Gasteiger partial charge in [0, 0.05) is 43.7 Å². The molecule has 1 aromatic carbocycles. The topological polar surface area (TPSA) is 37.8 Å². The first-order valence-corrected chi connectivity index (χ1v) is 6.84. The van der Waals surface area contributed by atoms with Gasteiger partial charge in [0.05, 0.1) is 0 Å². The van der Waals surface area contributed by atoms with E-state index in [9.17, 15) is 4.79 Å². The number of aryl methyl sites for hydroxylation is 3. The van der Waals surface area contributed by atoms with Gasteiger partial charge in [0.1, 0.15) is 0 Å². The van der Waals surface area contributed by atoms with Gasteiger partial charge in [0.2, 0.25) is 0 Å². The molecule has 1 radical (unpaired) electrons. The van der Waals surface area contributed by atoms with Crippen molar-refractivity contribution < 1.29 is 20.4 Å². The fraction of sp³-hybridized carbons (Fsp3) is 0.235. The Morgan fingerprint density at radius 1 is 1.19 bits per heavy atom. The van der Waals surface area contributed by atoms with E-state index in [2.05, 4.69) is 34.7 Å². The van der Waals surface area contributed by atoms with Gasteiger partial charge < -0.3 is 14.3 Å². The summed E-state index contributed by atoms with van der Waals surface area (Å²) in [6, 6.07) is 13.0. The Kier molecular flexibility index (Phi) is 4.51. The van der Waals surface area contributed by atoms with Crippen LogP contribution in [0.5, 0.6) is 0 Å². The number of benzene rings is 1. The maximum absolute atomic E-state index is 12.2. The Balaban J connectivity index is 0.00000161. The minimum atomic E-state index is -0.0295. The molecule has 0 fully saturated rings. The summed E-state index contributed by atoms with van der Waals surface area (Å²) >= 11 is 0. The van der Waals surface area contributed by atoms with Crippen molar-refractivity contribution in [2.24, 2.45) is 0 Å². The van der Waals surface area contributed by atoms with Gasteiger partial charge in [-0.3, -0.25) is 0 Å². The van der Waals surface area contributed by atoms with Gasteiger partial charge >= 0.3 is 0 Å². The van der Waals surface area contributed by atoms with Crippen LogP contribution in [0.1, 0.15) is 18.2 Å². The van der Waals surface area contributed by atoms with E-state index in [1.807, 2.05) is 32.0 Å². The molecule has 0 spiro atoms. The fourth-order valence-corrected chi connectivity index (χ4v) is 2.81. The number of nitrogens with zero attached hydrogens (tertiary/aromatic N) is 1. The van der Waals surface area contributed by atoms with Crippen LogP contribution in [-0.2, 0) is 27.0 Å².